The van der Waals surface area contributed by atoms with E-state index in [1.165, 1.54) is 0 Å². The fraction of sp³-hybridized carbons (Fsp3) is 0.308. The molecule has 0 amide bonds. The first-order valence-electron chi connectivity index (χ1n) is 5.19. The molecule has 0 aliphatic heterocycles. The smallest absolute Gasteiger partial charge is 0.306 e. The number of rotatable bonds is 5. The van der Waals surface area contributed by atoms with Gasteiger partial charge in [0, 0.05) is 0 Å². The van der Waals surface area contributed by atoms with Gasteiger partial charge in [-0.05, 0) is 30.0 Å². The predicted molar refractivity (Wildman–Crippen MR) is 62.5 cm³/mol. The Hall–Kier alpha value is -1.77. The molecule has 1 aromatic rings. The van der Waals surface area contributed by atoms with Gasteiger partial charge in [-0.25, -0.2) is 0 Å². The molecule has 1 atom stereocenters. The van der Waals surface area contributed by atoms with Gasteiger partial charge in [0.15, 0.2) is 0 Å². The second-order valence-electron chi connectivity index (χ2n) is 3.90. The number of hydrogen-bond acceptors (Lipinski definition) is 2. The highest BCUT2D eigenvalue weighted by Crippen LogP contribution is 2.21. The number of carboxylic acid groups (broad SMARTS) is 1. The number of allylic oxidation sites excluding steroid dienone is 1. The van der Waals surface area contributed by atoms with E-state index in [0.717, 1.165) is 11.1 Å². The van der Waals surface area contributed by atoms with E-state index >= 15 is 0 Å². The van der Waals surface area contributed by atoms with Gasteiger partial charge in [0.05, 0.1) is 5.92 Å². The average molecular weight is 220 g/mol. The Bertz CT molecular complexity index is 396. The lowest BCUT2D eigenvalue weighted by atomic mass is 9.98. The SMILES string of the molecule is C=CCc1cc(CC(C)C(=O)O)ccc1O. The third-order valence-electron chi connectivity index (χ3n) is 2.47. The average Bonchev–Trinajstić information content (AvgIpc) is 2.23. The molecule has 0 heterocycles. The Morgan fingerprint density at radius 2 is 2.25 bits per heavy atom. The molecule has 3 nitrogen and oxygen atoms in total. The molecule has 1 unspecified atom stereocenters. The van der Waals surface area contributed by atoms with Crippen LogP contribution in [-0.4, -0.2) is 16.2 Å². The standard InChI is InChI=1S/C13H16O3/c1-3-4-11-8-10(5-6-12(11)14)7-9(2)13(15)16/h3,5-6,8-9,14H,1,4,7H2,2H3,(H,15,16). The molecule has 3 heteroatoms. The molecule has 0 saturated heterocycles. The van der Waals surface area contributed by atoms with Crippen molar-refractivity contribution in [3.63, 3.8) is 0 Å². The first kappa shape index (κ1) is 12.3. The van der Waals surface area contributed by atoms with E-state index in [-0.39, 0.29) is 5.75 Å². The molecule has 1 aromatic carbocycles. The Balaban J connectivity index is 2.85. The molecule has 0 aliphatic rings. The molecule has 0 aromatic heterocycles. The van der Waals surface area contributed by atoms with Gasteiger partial charge in [0.2, 0.25) is 0 Å². The lowest BCUT2D eigenvalue weighted by molar-refractivity contribution is -0.141. The summed E-state index contributed by atoms with van der Waals surface area (Å²) in [6.07, 6.45) is 2.76. The Labute approximate surface area is 95.0 Å². The van der Waals surface area contributed by atoms with Crippen LogP contribution in [0.4, 0.5) is 0 Å². The van der Waals surface area contributed by atoms with Crippen molar-refractivity contribution in [2.45, 2.75) is 19.8 Å². The van der Waals surface area contributed by atoms with Gasteiger partial charge in [0.1, 0.15) is 5.75 Å². The Morgan fingerprint density at radius 1 is 1.56 bits per heavy atom. The van der Waals surface area contributed by atoms with Crippen LogP contribution in [0.15, 0.2) is 30.9 Å². The van der Waals surface area contributed by atoms with Crippen LogP contribution in [0.3, 0.4) is 0 Å². The zero-order valence-corrected chi connectivity index (χ0v) is 9.31. The number of carboxylic acids is 1. The Morgan fingerprint density at radius 3 is 2.81 bits per heavy atom. The van der Waals surface area contributed by atoms with E-state index in [1.54, 1.807) is 25.1 Å². The van der Waals surface area contributed by atoms with Crippen LogP contribution in [0.25, 0.3) is 0 Å². The molecule has 0 fully saturated rings. The van der Waals surface area contributed by atoms with Gasteiger partial charge in [0.25, 0.3) is 0 Å². The summed E-state index contributed by atoms with van der Waals surface area (Å²) in [7, 11) is 0. The number of aromatic hydroxyl groups is 1. The molecule has 0 bridgehead atoms. The van der Waals surface area contributed by atoms with Crippen molar-refractivity contribution in [2.24, 2.45) is 5.92 Å². The van der Waals surface area contributed by atoms with Crippen LogP contribution in [-0.2, 0) is 17.6 Å². The third-order valence-corrected chi connectivity index (χ3v) is 2.47. The molecule has 0 aliphatic carbocycles. The van der Waals surface area contributed by atoms with Crippen molar-refractivity contribution >= 4 is 5.97 Å². The van der Waals surface area contributed by atoms with E-state index in [1.807, 2.05) is 6.07 Å². The highest BCUT2D eigenvalue weighted by atomic mass is 16.4. The maximum absolute atomic E-state index is 10.7. The van der Waals surface area contributed by atoms with Crippen LogP contribution in [0.1, 0.15) is 18.1 Å². The second kappa shape index (κ2) is 5.35. The second-order valence-corrected chi connectivity index (χ2v) is 3.90. The molecule has 0 spiro atoms. The molecule has 0 saturated carbocycles. The zero-order valence-electron chi connectivity index (χ0n) is 9.31. The summed E-state index contributed by atoms with van der Waals surface area (Å²) < 4.78 is 0. The van der Waals surface area contributed by atoms with Gasteiger partial charge < -0.3 is 10.2 Å². The number of hydrogen-bond donors (Lipinski definition) is 2. The van der Waals surface area contributed by atoms with E-state index < -0.39 is 11.9 Å². The lowest BCUT2D eigenvalue weighted by Gasteiger charge is -2.08. The minimum atomic E-state index is -0.807. The van der Waals surface area contributed by atoms with Crippen molar-refractivity contribution in [3.05, 3.63) is 42.0 Å². The maximum atomic E-state index is 10.7. The van der Waals surface area contributed by atoms with E-state index in [2.05, 4.69) is 6.58 Å². The molecule has 0 radical (unpaired) electrons. The highest BCUT2D eigenvalue weighted by molar-refractivity contribution is 5.69. The van der Waals surface area contributed by atoms with Crippen LogP contribution < -0.4 is 0 Å². The number of aliphatic carboxylic acids is 1. The molecule has 2 N–H and O–H groups in total. The van der Waals surface area contributed by atoms with Gasteiger partial charge in [-0.2, -0.15) is 0 Å². The summed E-state index contributed by atoms with van der Waals surface area (Å²) in [6.45, 7) is 5.28. The number of phenols is 1. The van der Waals surface area contributed by atoms with Crippen molar-refractivity contribution in [3.8, 4) is 5.75 Å². The quantitative estimate of drug-likeness (QED) is 0.749. The van der Waals surface area contributed by atoms with Crippen LogP contribution in [0.2, 0.25) is 0 Å². The maximum Gasteiger partial charge on any atom is 0.306 e. The summed E-state index contributed by atoms with van der Waals surface area (Å²) in [5, 5.41) is 18.4. The largest absolute Gasteiger partial charge is 0.508 e. The summed E-state index contributed by atoms with van der Waals surface area (Å²) in [4.78, 5) is 10.7. The molecule has 86 valence electrons. The van der Waals surface area contributed by atoms with Gasteiger partial charge in [-0.3, -0.25) is 4.79 Å². The van der Waals surface area contributed by atoms with Crippen molar-refractivity contribution in [1.29, 1.82) is 0 Å². The first-order valence-corrected chi connectivity index (χ1v) is 5.19. The van der Waals surface area contributed by atoms with E-state index in [9.17, 15) is 9.90 Å². The number of carbonyl (C=O) groups is 1. The summed E-state index contributed by atoms with van der Waals surface area (Å²) in [6, 6.07) is 5.18. The van der Waals surface area contributed by atoms with Crippen LogP contribution in [0, 0.1) is 5.92 Å². The fourth-order valence-corrected chi connectivity index (χ4v) is 1.53. The first-order chi connectivity index (χ1) is 7.54. The topological polar surface area (TPSA) is 57.5 Å². The number of phenolic OH excluding ortho intramolecular Hbond substituents is 1. The highest BCUT2D eigenvalue weighted by Gasteiger charge is 2.12. The Kier molecular flexibility index (Phi) is 4.11. The lowest BCUT2D eigenvalue weighted by Crippen LogP contribution is -2.12. The summed E-state index contributed by atoms with van der Waals surface area (Å²) in [5.41, 5.74) is 1.70. The van der Waals surface area contributed by atoms with Gasteiger partial charge >= 0.3 is 5.97 Å². The molecule has 1 rings (SSSR count). The normalized spacial score (nSPS) is 12.1. The van der Waals surface area contributed by atoms with E-state index in [0.29, 0.717) is 12.8 Å². The van der Waals surface area contributed by atoms with Crippen LogP contribution >= 0.6 is 0 Å². The van der Waals surface area contributed by atoms with Crippen molar-refractivity contribution < 1.29 is 15.0 Å². The van der Waals surface area contributed by atoms with Gasteiger partial charge in [-0.1, -0.05) is 25.1 Å². The molecular weight excluding hydrogens is 204 g/mol. The third kappa shape index (κ3) is 3.12. The van der Waals surface area contributed by atoms with Gasteiger partial charge in [-0.15, -0.1) is 6.58 Å². The minimum absolute atomic E-state index is 0.228. The summed E-state index contributed by atoms with van der Waals surface area (Å²) in [5.74, 6) is -0.994. The fourth-order valence-electron chi connectivity index (χ4n) is 1.53. The zero-order chi connectivity index (χ0) is 12.1. The van der Waals surface area contributed by atoms with Crippen molar-refractivity contribution in [2.75, 3.05) is 0 Å². The van der Waals surface area contributed by atoms with E-state index in [4.69, 9.17) is 5.11 Å². The molecular formula is C13H16O3. The molecule has 16 heavy (non-hydrogen) atoms. The predicted octanol–water partition coefficient (Wildman–Crippen LogP) is 2.38. The monoisotopic (exact) mass is 220 g/mol. The van der Waals surface area contributed by atoms with Crippen molar-refractivity contribution in [1.82, 2.24) is 0 Å². The summed E-state index contributed by atoms with van der Waals surface area (Å²) >= 11 is 0. The van der Waals surface area contributed by atoms with Crippen LogP contribution in [0.5, 0.6) is 5.75 Å². The number of benzene rings is 1. The minimum Gasteiger partial charge on any atom is -0.508 e.